The van der Waals surface area contributed by atoms with Crippen LogP contribution < -0.4 is 0 Å². The molecule has 5 aromatic heterocycles. The zero-order valence-electron chi connectivity index (χ0n) is 26.1. The van der Waals surface area contributed by atoms with Gasteiger partial charge >= 0.3 is 0 Å². The Bertz CT molecular complexity index is 3330. The van der Waals surface area contributed by atoms with E-state index >= 15 is 0 Å². The Hall–Kier alpha value is -6.30. The standard InChI is InChI=1S/C44H24N4S/c1-2-13-26(14-3-1)38-43-39(31-18-8-11-21-36(31)49-43)46-44(45-38)48-34-19-9-6-16-28(34)32-24-33-29-23-22-25-12-4-5-15-27(25)40(29)47-35-20-10-7-17-30(35)37(41(33)47)42(32)48/h1-24H. The van der Waals surface area contributed by atoms with Crippen molar-refractivity contribution in [2.45, 2.75) is 0 Å². The highest BCUT2D eigenvalue weighted by molar-refractivity contribution is 7.26. The van der Waals surface area contributed by atoms with Crippen molar-refractivity contribution in [1.82, 2.24) is 18.9 Å². The van der Waals surface area contributed by atoms with Gasteiger partial charge in [0.15, 0.2) is 0 Å². The molecule has 7 aromatic carbocycles. The lowest BCUT2D eigenvalue weighted by atomic mass is 10.0. The van der Waals surface area contributed by atoms with E-state index in [1.165, 1.54) is 64.3 Å². The third kappa shape index (κ3) is 3.23. The Morgan fingerprint density at radius 3 is 2.04 bits per heavy atom. The highest BCUT2D eigenvalue weighted by atomic mass is 32.1. The SMILES string of the molecule is c1ccc(-c2nc(-n3c4ccccc4c4cc5c6ccc7ccccc7c6n6c7ccccc7c(c43)c56)nc3c2sc2ccccc23)cc1. The molecule has 0 radical (unpaired) electrons. The molecule has 0 spiro atoms. The summed E-state index contributed by atoms with van der Waals surface area (Å²) >= 11 is 1.77. The van der Waals surface area contributed by atoms with E-state index in [2.05, 4.69) is 155 Å². The smallest absolute Gasteiger partial charge is 0.235 e. The Morgan fingerprint density at radius 2 is 1.16 bits per heavy atom. The third-order valence-electron chi connectivity index (χ3n) is 10.4. The molecule has 12 rings (SSSR count). The summed E-state index contributed by atoms with van der Waals surface area (Å²) < 4.78 is 7.17. The summed E-state index contributed by atoms with van der Waals surface area (Å²) in [5, 5.41) is 11.1. The molecular weight excluding hydrogens is 617 g/mol. The van der Waals surface area contributed by atoms with Gasteiger partial charge in [0.1, 0.15) is 0 Å². The van der Waals surface area contributed by atoms with Gasteiger partial charge in [-0.25, -0.2) is 9.97 Å². The molecule has 0 bridgehead atoms. The summed E-state index contributed by atoms with van der Waals surface area (Å²) in [6, 6.07) is 52.5. The molecule has 0 fully saturated rings. The van der Waals surface area contributed by atoms with Gasteiger partial charge in [-0.3, -0.25) is 4.57 Å². The van der Waals surface area contributed by atoms with Gasteiger partial charge < -0.3 is 4.40 Å². The normalized spacial score (nSPS) is 12.5. The molecule has 0 saturated carbocycles. The van der Waals surface area contributed by atoms with E-state index in [4.69, 9.17) is 9.97 Å². The molecule has 5 heterocycles. The van der Waals surface area contributed by atoms with Crippen molar-refractivity contribution in [3.05, 3.63) is 146 Å². The van der Waals surface area contributed by atoms with E-state index < -0.39 is 0 Å². The maximum Gasteiger partial charge on any atom is 0.235 e. The number of nitrogens with zero attached hydrogens (tertiary/aromatic N) is 4. The summed E-state index contributed by atoms with van der Waals surface area (Å²) in [6.07, 6.45) is 0. The third-order valence-corrected chi connectivity index (χ3v) is 11.6. The molecule has 4 nitrogen and oxygen atoms in total. The van der Waals surface area contributed by atoms with Crippen molar-refractivity contribution in [3.63, 3.8) is 0 Å². The van der Waals surface area contributed by atoms with Crippen LogP contribution in [-0.4, -0.2) is 18.9 Å². The molecule has 0 N–H and O–H groups in total. The second-order valence-corrected chi connectivity index (χ2v) is 14.0. The fourth-order valence-corrected chi connectivity index (χ4v) is 9.59. The number of para-hydroxylation sites is 2. The van der Waals surface area contributed by atoms with Gasteiger partial charge in [0.05, 0.1) is 43.5 Å². The lowest BCUT2D eigenvalue weighted by molar-refractivity contribution is 1.02. The summed E-state index contributed by atoms with van der Waals surface area (Å²) in [5.41, 5.74) is 9.01. The van der Waals surface area contributed by atoms with Gasteiger partial charge in [-0.2, -0.15) is 0 Å². The summed E-state index contributed by atoms with van der Waals surface area (Å²) in [7, 11) is 0. The molecule has 0 aliphatic carbocycles. The Balaban J connectivity index is 1.33. The molecule has 0 amide bonds. The zero-order valence-corrected chi connectivity index (χ0v) is 26.9. The van der Waals surface area contributed by atoms with E-state index in [9.17, 15) is 0 Å². The number of thiophene rings is 1. The quantitative estimate of drug-likeness (QED) is 0.188. The minimum Gasteiger partial charge on any atom is -0.307 e. The van der Waals surface area contributed by atoms with Crippen molar-refractivity contribution < 1.29 is 0 Å². The van der Waals surface area contributed by atoms with E-state index in [1.54, 1.807) is 11.3 Å². The molecule has 0 atom stereocenters. The van der Waals surface area contributed by atoms with E-state index in [0.717, 1.165) is 37.9 Å². The topological polar surface area (TPSA) is 35.1 Å². The predicted molar refractivity (Wildman–Crippen MR) is 207 cm³/mol. The first-order valence-electron chi connectivity index (χ1n) is 16.6. The van der Waals surface area contributed by atoms with Crippen molar-refractivity contribution in [1.29, 1.82) is 0 Å². The number of aromatic nitrogens is 4. The lowest BCUT2D eigenvalue weighted by Crippen LogP contribution is -2.03. The molecular formula is C44H24N4S. The first-order valence-corrected chi connectivity index (χ1v) is 17.4. The van der Waals surface area contributed by atoms with Gasteiger partial charge in [0, 0.05) is 53.4 Å². The summed E-state index contributed by atoms with van der Waals surface area (Å²) in [4.78, 5) is 10.9. The van der Waals surface area contributed by atoms with Crippen LogP contribution in [0.25, 0.3) is 108 Å². The molecule has 226 valence electrons. The fourth-order valence-electron chi connectivity index (χ4n) is 8.43. The average Bonchev–Trinajstić information content (AvgIpc) is 3.90. The number of benzene rings is 7. The van der Waals surface area contributed by atoms with Crippen LogP contribution >= 0.6 is 11.3 Å². The van der Waals surface area contributed by atoms with Gasteiger partial charge in [-0.05, 0) is 29.7 Å². The van der Waals surface area contributed by atoms with Gasteiger partial charge in [0.2, 0.25) is 5.95 Å². The Labute approximate surface area is 283 Å². The molecule has 5 heteroatoms. The van der Waals surface area contributed by atoms with Gasteiger partial charge in [-0.15, -0.1) is 11.3 Å². The van der Waals surface area contributed by atoms with Crippen molar-refractivity contribution in [2.75, 3.05) is 0 Å². The fraction of sp³-hybridized carbons (Fsp3) is 0. The lowest BCUT2D eigenvalue weighted by Gasteiger charge is -2.11. The number of hydrogen-bond acceptors (Lipinski definition) is 3. The second-order valence-electron chi connectivity index (χ2n) is 12.9. The monoisotopic (exact) mass is 640 g/mol. The zero-order chi connectivity index (χ0) is 31.8. The Kier molecular flexibility index (Phi) is 4.83. The maximum absolute atomic E-state index is 5.48. The Morgan fingerprint density at radius 1 is 0.469 bits per heavy atom. The van der Waals surface area contributed by atoms with Crippen LogP contribution in [0.1, 0.15) is 0 Å². The van der Waals surface area contributed by atoms with Crippen LogP contribution in [0.5, 0.6) is 0 Å². The molecule has 0 unspecified atom stereocenters. The van der Waals surface area contributed by atoms with Crippen LogP contribution in [0.2, 0.25) is 0 Å². The van der Waals surface area contributed by atoms with Crippen molar-refractivity contribution in [2.24, 2.45) is 0 Å². The van der Waals surface area contributed by atoms with Crippen LogP contribution in [-0.2, 0) is 0 Å². The minimum absolute atomic E-state index is 0.689. The molecule has 0 aliphatic heterocycles. The predicted octanol–water partition coefficient (Wildman–Crippen LogP) is 11.9. The summed E-state index contributed by atoms with van der Waals surface area (Å²) in [6.45, 7) is 0. The first kappa shape index (κ1) is 25.7. The van der Waals surface area contributed by atoms with Crippen LogP contribution in [0.3, 0.4) is 0 Å². The van der Waals surface area contributed by atoms with Gasteiger partial charge in [0.25, 0.3) is 0 Å². The largest absolute Gasteiger partial charge is 0.307 e. The highest BCUT2D eigenvalue weighted by Crippen LogP contribution is 2.48. The van der Waals surface area contributed by atoms with E-state index in [-0.39, 0.29) is 0 Å². The van der Waals surface area contributed by atoms with E-state index in [0.29, 0.717) is 5.95 Å². The van der Waals surface area contributed by atoms with Crippen molar-refractivity contribution >= 4 is 102 Å². The van der Waals surface area contributed by atoms with Gasteiger partial charge in [-0.1, -0.05) is 121 Å². The maximum atomic E-state index is 5.48. The first-order chi connectivity index (χ1) is 24.3. The van der Waals surface area contributed by atoms with Crippen molar-refractivity contribution in [3.8, 4) is 17.2 Å². The molecule has 49 heavy (non-hydrogen) atoms. The number of fused-ring (bicyclic) bond motifs is 15. The molecule has 0 saturated heterocycles. The highest BCUT2D eigenvalue weighted by Gasteiger charge is 2.26. The van der Waals surface area contributed by atoms with Crippen LogP contribution in [0.4, 0.5) is 0 Å². The van der Waals surface area contributed by atoms with Crippen LogP contribution in [0.15, 0.2) is 146 Å². The minimum atomic E-state index is 0.689. The molecule has 0 aliphatic rings. The van der Waals surface area contributed by atoms with E-state index in [1.807, 2.05) is 0 Å². The number of hydrogen-bond donors (Lipinski definition) is 0. The number of rotatable bonds is 2. The molecule has 12 aromatic rings. The average molecular weight is 641 g/mol. The second kappa shape index (κ2) is 9.19. The van der Waals surface area contributed by atoms with Crippen LogP contribution in [0, 0.1) is 0 Å². The summed E-state index contributed by atoms with van der Waals surface area (Å²) in [5.74, 6) is 0.689.